The van der Waals surface area contributed by atoms with Crippen LogP contribution in [-0.4, -0.2) is 29.7 Å². The number of nitrogens with zero attached hydrogens (tertiary/aromatic N) is 2. The van der Waals surface area contributed by atoms with Gasteiger partial charge in [-0.15, -0.1) is 0 Å². The van der Waals surface area contributed by atoms with E-state index in [2.05, 4.69) is 16.0 Å². The van der Waals surface area contributed by atoms with E-state index in [1.807, 2.05) is 71.8 Å². The number of aromatic nitrogens is 1. The number of carbonyl (C=O) groups is 1. The summed E-state index contributed by atoms with van der Waals surface area (Å²) in [6.07, 6.45) is 2.03. The van der Waals surface area contributed by atoms with Crippen LogP contribution in [0.25, 0.3) is 5.69 Å². The van der Waals surface area contributed by atoms with E-state index in [0.717, 1.165) is 22.5 Å². The van der Waals surface area contributed by atoms with Crippen molar-refractivity contribution < 1.29 is 14.3 Å². The van der Waals surface area contributed by atoms with Crippen LogP contribution in [0.4, 0.5) is 10.5 Å². The topological polar surface area (TPSA) is 55.7 Å². The van der Waals surface area contributed by atoms with Crippen LogP contribution in [0, 0.1) is 0 Å². The number of hydrogen-bond acceptors (Lipinski definition) is 3. The average molecular weight is 474 g/mol. The quantitative estimate of drug-likeness (QED) is 0.379. The Morgan fingerprint density at radius 2 is 1.71 bits per heavy atom. The fourth-order valence-corrected chi connectivity index (χ4v) is 4.65. The van der Waals surface area contributed by atoms with Crippen molar-refractivity contribution in [3.05, 3.63) is 107 Å². The molecule has 2 heterocycles. The Morgan fingerprint density at radius 1 is 0.941 bits per heavy atom. The molecule has 172 valence electrons. The van der Waals surface area contributed by atoms with Crippen molar-refractivity contribution in [1.82, 2.24) is 9.47 Å². The normalized spacial score (nSPS) is 14.6. The summed E-state index contributed by atoms with van der Waals surface area (Å²) in [6.45, 7) is 0.410. The highest BCUT2D eigenvalue weighted by Crippen LogP contribution is 2.40. The minimum atomic E-state index is -0.385. The van der Waals surface area contributed by atoms with Crippen molar-refractivity contribution in [1.29, 1.82) is 0 Å². The maximum absolute atomic E-state index is 13.8. The molecule has 0 fully saturated rings. The average Bonchev–Trinajstić information content (AvgIpc) is 3.29. The highest BCUT2D eigenvalue weighted by atomic mass is 35.5. The van der Waals surface area contributed by atoms with Gasteiger partial charge in [0.05, 0.1) is 43.2 Å². The summed E-state index contributed by atoms with van der Waals surface area (Å²) in [5.41, 5.74) is 4.51. The molecule has 0 bridgehead atoms. The van der Waals surface area contributed by atoms with Crippen molar-refractivity contribution in [3.8, 4) is 17.2 Å². The van der Waals surface area contributed by atoms with Gasteiger partial charge < -0.3 is 24.3 Å². The van der Waals surface area contributed by atoms with Crippen LogP contribution in [0.2, 0.25) is 5.02 Å². The molecule has 1 aromatic heterocycles. The third-order valence-electron chi connectivity index (χ3n) is 6.06. The van der Waals surface area contributed by atoms with Crippen LogP contribution in [0.1, 0.15) is 22.9 Å². The van der Waals surface area contributed by atoms with Crippen molar-refractivity contribution in [2.75, 3.05) is 19.5 Å². The number of para-hydroxylation sites is 2. The lowest BCUT2D eigenvalue weighted by Gasteiger charge is -2.31. The molecule has 4 aromatic rings. The minimum absolute atomic E-state index is 0.252. The van der Waals surface area contributed by atoms with E-state index < -0.39 is 0 Å². The number of ether oxygens (including phenoxy) is 2. The highest BCUT2D eigenvalue weighted by Gasteiger charge is 2.33. The second kappa shape index (κ2) is 9.15. The number of carbonyl (C=O) groups excluding carboxylic acids is 1. The zero-order valence-electron chi connectivity index (χ0n) is 18.9. The molecule has 0 saturated heterocycles. The molecule has 7 heteroatoms. The van der Waals surface area contributed by atoms with Crippen molar-refractivity contribution in [2.24, 2.45) is 0 Å². The minimum Gasteiger partial charge on any atom is -0.493 e. The summed E-state index contributed by atoms with van der Waals surface area (Å²) < 4.78 is 13.1. The number of urea groups is 1. The van der Waals surface area contributed by atoms with Gasteiger partial charge in [0.25, 0.3) is 0 Å². The number of anilines is 1. The summed E-state index contributed by atoms with van der Waals surface area (Å²) in [4.78, 5) is 15.6. The summed E-state index contributed by atoms with van der Waals surface area (Å²) in [5.74, 6) is 1.23. The molecule has 0 saturated carbocycles. The second-order valence-electron chi connectivity index (χ2n) is 7.99. The number of benzene rings is 3. The van der Waals surface area contributed by atoms with Gasteiger partial charge in [-0.3, -0.25) is 0 Å². The van der Waals surface area contributed by atoms with Gasteiger partial charge in [-0.25, -0.2) is 4.79 Å². The molecule has 2 amide bonds. The Kier molecular flexibility index (Phi) is 5.90. The molecule has 3 aromatic carbocycles. The maximum atomic E-state index is 13.8. The van der Waals surface area contributed by atoms with E-state index in [-0.39, 0.29) is 12.1 Å². The Bertz CT molecular complexity index is 1350. The third-order valence-corrected chi connectivity index (χ3v) is 6.39. The van der Waals surface area contributed by atoms with Gasteiger partial charge in [-0.05, 0) is 53.6 Å². The number of rotatable bonds is 4. The monoisotopic (exact) mass is 473 g/mol. The number of nitrogens with one attached hydrogen (secondary N) is 1. The number of methoxy groups -OCH3 is 2. The number of halogens is 1. The van der Waals surface area contributed by atoms with Gasteiger partial charge in [0.1, 0.15) is 0 Å². The Morgan fingerprint density at radius 3 is 2.50 bits per heavy atom. The van der Waals surface area contributed by atoms with E-state index in [0.29, 0.717) is 28.8 Å². The first-order valence-electron chi connectivity index (χ1n) is 10.9. The van der Waals surface area contributed by atoms with Gasteiger partial charge in [0.2, 0.25) is 0 Å². The zero-order valence-corrected chi connectivity index (χ0v) is 19.6. The number of fused-ring (bicyclic) bond motifs is 3. The zero-order chi connectivity index (χ0) is 23.7. The molecule has 6 nitrogen and oxygen atoms in total. The molecular weight excluding hydrogens is 450 g/mol. The lowest BCUT2D eigenvalue weighted by molar-refractivity contribution is 0.194. The van der Waals surface area contributed by atoms with Gasteiger partial charge >= 0.3 is 6.03 Å². The standard InChI is InChI=1S/C27H24ClN3O3/c1-33-24-14-13-18(16-25(24)34-2)26-23-12-7-15-30(23)22-11-6-3-8-19(22)17-31(26)27(32)29-21-10-5-4-9-20(21)28/h3-16,26H,17H2,1-2H3,(H,29,32)/t26-/m0/s1. The molecule has 34 heavy (non-hydrogen) atoms. The Labute approximate surface area is 203 Å². The smallest absolute Gasteiger partial charge is 0.323 e. The van der Waals surface area contributed by atoms with Crippen LogP contribution < -0.4 is 14.8 Å². The van der Waals surface area contributed by atoms with E-state index in [1.165, 1.54) is 0 Å². The molecule has 0 spiro atoms. The highest BCUT2D eigenvalue weighted by molar-refractivity contribution is 6.33. The predicted molar refractivity (Wildman–Crippen MR) is 133 cm³/mol. The Hall–Kier alpha value is -3.90. The first kappa shape index (κ1) is 21.9. The first-order chi connectivity index (χ1) is 16.6. The molecule has 0 unspecified atom stereocenters. The van der Waals surface area contributed by atoms with Crippen LogP contribution in [0.5, 0.6) is 11.5 Å². The number of hydrogen-bond donors (Lipinski definition) is 1. The van der Waals surface area contributed by atoms with Crippen LogP contribution >= 0.6 is 11.6 Å². The van der Waals surface area contributed by atoms with Gasteiger partial charge in [-0.1, -0.05) is 48.0 Å². The van der Waals surface area contributed by atoms with Crippen LogP contribution in [-0.2, 0) is 6.54 Å². The molecule has 0 radical (unpaired) electrons. The lowest BCUT2D eigenvalue weighted by Crippen LogP contribution is -2.38. The summed E-state index contributed by atoms with van der Waals surface area (Å²) >= 11 is 6.34. The van der Waals surface area contributed by atoms with Crippen LogP contribution in [0.3, 0.4) is 0 Å². The molecule has 1 N–H and O–H groups in total. The molecule has 1 atom stereocenters. The fourth-order valence-electron chi connectivity index (χ4n) is 4.46. The molecule has 0 aliphatic carbocycles. The fraction of sp³-hybridized carbons (Fsp3) is 0.148. The maximum Gasteiger partial charge on any atom is 0.323 e. The molecule has 1 aliphatic heterocycles. The predicted octanol–water partition coefficient (Wildman–Crippen LogP) is 6.29. The molecule has 1 aliphatic rings. The summed E-state index contributed by atoms with van der Waals surface area (Å²) in [5, 5.41) is 3.49. The SMILES string of the molecule is COc1ccc([C@H]2c3cccn3-c3ccccc3CN2C(=O)Nc2ccccc2Cl)cc1OC. The lowest BCUT2D eigenvalue weighted by atomic mass is 10.0. The van der Waals surface area contributed by atoms with Crippen molar-refractivity contribution in [2.45, 2.75) is 12.6 Å². The van der Waals surface area contributed by atoms with E-state index in [4.69, 9.17) is 21.1 Å². The number of amides is 2. The molecule has 5 rings (SSSR count). The van der Waals surface area contributed by atoms with Gasteiger partial charge in [-0.2, -0.15) is 0 Å². The molecular formula is C27H24ClN3O3. The van der Waals surface area contributed by atoms with E-state index in [9.17, 15) is 4.79 Å². The van der Waals surface area contributed by atoms with E-state index in [1.54, 1.807) is 26.4 Å². The van der Waals surface area contributed by atoms with Crippen molar-refractivity contribution in [3.63, 3.8) is 0 Å². The summed E-state index contributed by atoms with van der Waals surface area (Å²) in [7, 11) is 3.21. The first-order valence-corrected chi connectivity index (χ1v) is 11.3. The third kappa shape index (κ3) is 3.86. The van der Waals surface area contributed by atoms with Gasteiger partial charge in [0, 0.05) is 11.9 Å². The summed E-state index contributed by atoms with van der Waals surface area (Å²) in [6, 6.07) is 24.5. The largest absolute Gasteiger partial charge is 0.493 e. The van der Waals surface area contributed by atoms with E-state index >= 15 is 0 Å². The van der Waals surface area contributed by atoms with Crippen LogP contribution in [0.15, 0.2) is 85.1 Å². The Balaban J connectivity index is 1.66. The van der Waals surface area contributed by atoms with Gasteiger partial charge in [0.15, 0.2) is 11.5 Å². The van der Waals surface area contributed by atoms with Crippen molar-refractivity contribution >= 4 is 23.3 Å². The second-order valence-corrected chi connectivity index (χ2v) is 8.39.